The third kappa shape index (κ3) is 2.94. The first kappa shape index (κ1) is 16.6. The number of hydrogen-bond acceptors (Lipinski definition) is 4. The summed E-state index contributed by atoms with van der Waals surface area (Å²) in [5.74, 6) is 0. The van der Waals surface area contributed by atoms with E-state index in [4.69, 9.17) is 0 Å². The Morgan fingerprint density at radius 3 is 2.80 bits per heavy atom. The van der Waals surface area contributed by atoms with Gasteiger partial charge in [-0.3, -0.25) is 4.98 Å². The van der Waals surface area contributed by atoms with Gasteiger partial charge in [0, 0.05) is 38.7 Å². The number of thioether (sulfide) groups is 2. The Balaban J connectivity index is 1.88. The van der Waals surface area contributed by atoms with Gasteiger partial charge in [0.25, 0.3) is 0 Å². The molecule has 0 saturated heterocycles. The minimum absolute atomic E-state index is 0.336. The van der Waals surface area contributed by atoms with Crippen LogP contribution in [0.4, 0.5) is 0 Å². The van der Waals surface area contributed by atoms with Crippen LogP contribution in [0.1, 0.15) is 31.7 Å². The van der Waals surface area contributed by atoms with Crippen molar-refractivity contribution < 1.29 is 0 Å². The molecule has 0 spiro atoms. The van der Waals surface area contributed by atoms with E-state index in [9.17, 15) is 5.26 Å². The van der Waals surface area contributed by atoms with Crippen molar-refractivity contribution in [2.75, 3.05) is 6.26 Å². The van der Waals surface area contributed by atoms with Crippen LogP contribution in [0.25, 0.3) is 16.8 Å². The van der Waals surface area contributed by atoms with Crippen LogP contribution in [0, 0.1) is 11.3 Å². The summed E-state index contributed by atoms with van der Waals surface area (Å²) in [5.41, 5.74) is 3.89. The third-order valence-electron chi connectivity index (χ3n) is 4.92. The molecule has 5 heteroatoms. The number of aromatic nitrogens is 2. The molecule has 1 fully saturated rings. The van der Waals surface area contributed by atoms with E-state index in [1.54, 1.807) is 11.8 Å². The maximum absolute atomic E-state index is 9.44. The zero-order valence-electron chi connectivity index (χ0n) is 14.3. The second kappa shape index (κ2) is 6.44. The van der Waals surface area contributed by atoms with E-state index in [0.29, 0.717) is 10.3 Å². The van der Waals surface area contributed by atoms with Gasteiger partial charge >= 0.3 is 0 Å². The van der Waals surface area contributed by atoms with Crippen LogP contribution in [0.2, 0.25) is 0 Å². The van der Waals surface area contributed by atoms with E-state index in [2.05, 4.69) is 47.0 Å². The highest BCUT2D eigenvalue weighted by Gasteiger charge is 2.33. The average molecular weight is 366 g/mol. The van der Waals surface area contributed by atoms with Crippen molar-refractivity contribution >= 4 is 29.0 Å². The van der Waals surface area contributed by atoms with E-state index in [1.807, 2.05) is 36.3 Å². The van der Waals surface area contributed by atoms with Crippen molar-refractivity contribution in [2.45, 2.75) is 40.7 Å². The van der Waals surface area contributed by atoms with E-state index >= 15 is 0 Å². The number of fused-ring (bicyclic) bond motifs is 1. The molecule has 0 bridgehead atoms. The lowest BCUT2D eigenvalue weighted by Gasteiger charge is -2.38. The molecule has 0 amide bonds. The highest BCUT2D eigenvalue weighted by molar-refractivity contribution is 8.00. The highest BCUT2D eigenvalue weighted by atomic mass is 32.2. The predicted molar refractivity (Wildman–Crippen MR) is 105 cm³/mol. The van der Waals surface area contributed by atoms with Crippen LogP contribution in [-0.4, -0.2) is 20.4 Å². The monoisotopic (exact) mass is 365 g/mol. The van der Waals surface area contributed by atoms with Crippen LogP contribution < -0.4 is 0 Å². The highest BCUT2D eigenvalue weighted by Crippen LogP contribution is 2.49. The molecule has 3 aromatic rings. The predicted octanol–water partition coefficient (Wildman–Crippen LogP) is 5.63. The van der Waals surface area contributed by atoms with Crippen molar-refractivity contribution in [3.63, 3.8) is 0 Å². The number of pyridine rings is 2. The zero-order valence-corrected chi connectivity index (χ0v) is 16.0. The quantitative estimate of drug-likeness (QED) is 0.562. The zero-order chi connectivity index (χ0) is 17.4. The maximum atomic E-state index is 9.44. The minimum Gasteiger partial charge on any atom is -0.314 e. The Labute approximate surface area is 156 Å². The second-order valence-electron chi connectivity index (χ2n) is 6.66. The van der Waals surface area contributed by atoms with Gasteiger partial charge in [0.15, 0.2) is 0 Å². The molecule has 3 nitrogen and oxygen atoms in total. The van der Waals surface area contributed by atoms with Crippen LogP contribution in [0.3, 0.4) is 0 Å². The summed E-state index contributed by atoms with van der Waals surface area (Å²) in [6, 6.07) is 10.5. The van der Waals surface area contributed by atoms with Gasteiger partial charge in [-0.05, 0) is 43.4 Å². The summed E-state index contributed by atoms with van der Waals surface area (Å²) in [6.07, 6.45) is 11.8. The maximum Gasteiger partial charge on any atom is 0.101 e. The number of nitrogens with zero attached hydrogens (tertiary/aromatic N) is 3. The molecule has 0 unspecified atom stereocenters. The molecule has 3 heterocycles. The molecule has 4 rings (SSSR count). The van der Waals surface area contributed by atoms with Gasteiger partial charge in [-0.15, -0.1) is 23.5 Å². The molecule has 0 aromatic carbocycles. The average Bonchev–Trinajstić information content (AvgIpc) is 3.04. The van der Waals surface area contributed by atoms with Crippen molar-refractivity contribution in [1.29, 1.82) is 5.26 Å². The molecule has 1 aliphatic rings. The second-order valence-corrected chi connectivity index (χ2v) is 9.17. The molecular weight excluding hydrogens is 346 g/mol. The van der Waals surface area contributed by atoms with Gasteiger partial charge in [-0.25, -0.2) is 0 Å². The molecule has 1 saturated carbocycles. The first-order valence-electron chi connectivity index (χ1n) is 8.36. The van der Waals surface area contributed by atoms with Crippen LogP contribution in [-0.2, 0) is 0 Å². The Morgan fingerprint density at radius 2 is 2.12 bits per heavy atom. The van der Waals surface area contributed by atoms with E-state index < -0.39 is 0 Å². The van der Waals surface area contributed by atoms with Gasteiger partial charge in [0.05, 0.1) is 16.8 Å². The van der Waals surface area contributed by atoms with Crippen molar-refractivity contribution in [3.8, 4) is 17.3 Å². The Hall–Kier alpha value is -1.90. The van der Waals surface area contributed by atoms with E-state index in [1.165, 1.54) is 24.2 Å². The lowest BCUT2D eigenvalue weighted by Crippen LogP contribution is -2.28. The Bertz CT molecular complexity index is 980. The first-order chi connectivity index (χ1) is 12.1. The molecular formula is C20H19N3S2. The lowest BCUT2D eigenvalue weighted by molar-refractivity contribution is 0.392. The van der Waals surface area contributed by atoms with Gasteiger partial charge in [0.1, 0.15) is 6.07 Å². The van der Waals surface area contributed by atoms with Crippen LogP contribution in [0.5, 0.6) is 0 Å². The number of nitriles is 1. The van der Waals surface area contributed by atoms with Crippen molar-refractivity contribution in [3.05, 3.63) is 48.4 Å². The molecule has 0 radical (unpaired) electrons. The normalized spacial score (nSPS) is 15.7. The summed E-state index contributed by atoms with van der Waals surface area (Å²) in [7, 11) is 0. The summed E-state index contributed by atoms with van der Waals surface area (Å²) < 4.78 is 2.47. The van der Waals surface area contributed by atoms with Gasteiger partial charge in [-0.2, -0.15) is 5.26 Å². The number of rotatable bonds is 4. The van der Waals surface area contributed by atoms with Gasteiger partial charge in [-0.1, -0.05) is 13.3 Å². The number of hydrogen-bond donors (Lipinski definition) is 0. The largest absolute Gasteiger partial charge is 0.314 e. The van der Waals surface area contributed by atoms with Gasteiger partial charge in [0.2, 0.25) is 0 Å². The molecule has 0 N–H and O–H groups in total. The molecule has 3 aromatic heterocycles. The Morgan fingerprint density at radius 1 is 1.28 bits per heavy atom. The summed E-state index contributed by atoms with van der Waals surface area (Å²) in [4.78, 5) is 6.80. The standard InChI is InChI=1S/C20H19N3S2/c1-20(7-3-8-20)25-19-6-9-22-12-16(19)17-5-4-14(11-21)18-10-15(24-2)13-23(17)18/h4-6,9-10,12-13H,3,7-8H2,1-2H3. The van der Waals surface area contributed by atoms with Crippen molar-refractivity contribution in [2.24, 2.45) is 0 Å². The lowest BCUT2D eigenvalue weighted by atomic mass is 9.86. The minimum atomic E-state index is 0.336. The topological polar surface area (TPSA) is 41.1 Å². The molecule has 25 heavy (non-hydrogen) atoms. The summed E-state index contributed by atoms with van der Waals surface area (Å²) >= 11 is 3.66. The molecule has 126 valence electrons. The molecule has 0 aliphatic heterocycles. The first-order valence-corrected chi connectivity index (χ1v) is 10.4. The third-order valence-corrected chi connectivity index (χ3v) is 7.09. The SMILES string of the molecule is CSc1cc2c(C#N)ccc(-c3cnccc3SC3(C)CCC3)n2c1. The van der Waals surface area contributed by atoms with Crippen LogP contribution in [0.15, 0.2) is 52.6 Å². The smallest absolute Gasteiger partial charge is 0.101 e. The molecule has 0 atom stereocenters. The molecule has 1 aliphatic carbocycles. The van der Waals surface area contributed by atoms with Gasteiger partial charge < -0.3 is 4.40 Å². The van der Waals surface area contributed by atoms with Crippen molar-refractivity contribution in [1.82, 2.24) is 9.38 Å². The fraction of sp³-hybridized carbons (Fsp3) is 0.300. The fourth-order valence-corrected chi connectivity index (χ4v) is 5.16. The van der Waals surface area contributed by atoms with Crippen LogP contribution >= 0.6 is 23.5 Å². The van der Waals surface area contributed by atoms with E-state index in [0.717, 1.165) is 21.7 Å². The summed E-state index contributed by atoms with van der Waals surface area (Å²) in [5, 5.41) is 9.44. The summed E-state index contributed by atoms with van der Waals surface area (Å²) in [6.45, 7) is 2.35. The van der Waals surface area contributed by atoms with E-state index in [-0.39, 0.29) is 0 Å². The fourth-order valence-electron chi connectivity index (χ4n) is 3.30. The Kier molecular flexibility index (Phi) is 4.26.